The van der Waals surface area contributed by atoms with Gasteiger partial charge in [-0.3, -0.25) is 9.59 Å². The normalized spacial score (nSPS) is 11.6. The highest BCUT2D eigenvalue weighted by atomic mass is 16.5. The average molecular weight is 406 g/mol. The van der Waals surface area contributed by atoms with Crippen molar-refractivity contribution in [2.45, 2.75) is 19.9 Å². The Kier molecular flexibility index (Phi) is 6.51. The minimum Gasteiger partial charge on any atom is -0.497 e. The molecule has 0 saturated heterocycles. The van der Waals surface area contributed by atoms with Crippen LogP contribution < -0.4 is 15.4 Å². The lowest BCUT2D eigenvalue weighted by Crippen LogP contribution is -2.39. The molecule has 1 heterocycles. The van der Waals surface area contributed by atoms with Gasteiger partial charge in [-0.2, -0.15) is 0 Å². The van der Waals surface area contributed by atoms with Crippen LogP contribution in [0, 0.1) is 13.8 Å². The largest absolute Gasteiger partial charge is 0.497 e. The number of nitrogens with one attached hydrogen (secondary N) is 2. The molecule has 156 valence electrons. The molecular formula is C23H26N4O3. The van der Waals surface area contributed by atoms with Crippen molar-refractivity contribution in [1.29, 1.82) is 0 Å². The molecule has 2 amide bonds. The van der Waals surface area contributed by atoms with Crippen molar-refractivity contribution < 1.29 is 14.3 Å². The van der Waals surface area contributed by atoms with Gasteiger partial charge in [0.05, 0.1) is 13.7 Å². The molecule has 0 radical (unpaired) electrons. The zero-order valence-electron chi connectivity index (χ0n) is 17.6. The highest BCUT2D eigenvalue weighted by Gasteiger charge is 2.21. The van der Waals surface area contributed by atoms with Gasteiger partial charge in [0.2, 0.25) is 5.91 Å². The Labute approximate surface area is 176 Å². The zero-order valence-corrected chi connectivity index (χ0v) is 17.6. The van der Waals surface area contributed by atoms with Gasteiger partial charge in [-0.25, -0.2) is 4.98 Å². The second-order valence-electron chi connectivity index (χ2n) is 7.23. The summed E-state index contributed by atoms with van der Waals surface area (Å²) in [6, 6.07) is 12.6. The number of nitrogens with zero attached hydrogens (tertiary/aromatic N) is 2. The standard InChI is InChI=1S/C23H26N4O3/c1-15-11-16(2)13-18(12-15)23(29)25-14-20(28)26-21(22-24-9-10-27(22)3)17-5-7-19(30-4)8-6-17/h5-13,21H,14H2,1-4H3,(H,25,29)(H,26,28). The van der Waals surface area contributed by atoms with E-state index in [1.807, 2.05) is 62.0 Å². The number of amides is 2. The molecule has 0 aliphatic rings. The quantitative estimate of drug-likeness (QED) is 0.632. The number of aryl methyl sites for hydroxylation is 3. The SMILES string of the molecule is COc1ccc(C(NC(=O)CNC(=O)c2cc(C)cc(C)c2)c2nccn2C)cc1. The van der Waals surface area contributed by atoms with Gasteiger partial charge in [0.25, 0.3) is 5.91 Å². The molecule has 1 aromatic heterocycles. The summed E-state index contributed by atoms with van der Waals surface area (Å²) >= 11 is 0. The number of hydrogen-bond donors (Lipinski definition) is 2. The highest BCUT2D eigenvalue weighted by molar-refractivity contribution is 5.96. The van der Waals surface area contributed by atoms with Gasteiger partial charge in [0.15, 0.2) is 0 Å². The van der Waals surface area contributed by atoms with Crippen LogP contribution in [0.15, 0.2) is 54.9 Å². The third kappa shape index (κ3) is 5.05. The Balaban J connectivity index is 1.71. The van der Waals surface area contributed by atoms with Crippen LogP contribution in [-0.2, 0) is 11.8 Å². The molecule has 3 rings (SSSR count). The molecule has 7 nitrogen and oxygen atoms in total. The van der Waals surface area contributed by atoms with Crippen LogP contribution in [0.5, 0.6) is 5.75 Å². The summed E-state index contributed by atoms with van der Waals surface area (Å²) < 4.78 is 7.06. The first-order valence-corrected chi connectivity index (χ1v) is 9.64. The molecular weight excluding hydrogens is 380 g/mol. The van der Waals surface area contributed by atoms with Gasteiger partial charge in [-0.1, -0.05) is 29.3 Å². The predicted octanol–water partition coefficient (Wildman–Crippen LogP) is 2.68. The maximum Gasteiger partial charge on any atom is 0.251 e. The number of carbonyl (C=O) groups excluding carboxylic acids is 2. The van der Waals surface area contributed by atoms with Crippen LogP contribution in [-0.4, -0.2) is 35.0 Å². The first-order valence-electron chi connectivity index (χ1n) is 9.64. The van der Waals surface area contributed by atoms with E-state index >= 15 is 0 Å². The summed E-state index contributed by atoms with van der Waals surface area (Å²) in [6.45, 7) is 3.73. The fraction of sp³-hybridized carbons (Fsp3) is 0.261. The number of imidazole rings is 1. The van der Waals surface area contributed by atoms with E-state index in [0.29, 0.717) is 11.4 Å². The maximum absolute atomic E-state index is 12.6. The molecule has 0 fully saturated rings. The number of ether oxygens (including phenoxy) is 1. The Morgan fingerprint density at radius 1 is 1.10 bits per heavy atom. The lowest BCUT2D eigenvalue weighted by molar-refractivity contribution is -0.120. The Bertz CT molecular complexity index is 1020. The van der Waals surface area contributed by atoms with Crippen LogP contribution in [0.25, 0.3) is 0 Å². The number of aromatic nitrogens is 2. The van der Waals surface area contributed by atoms with E-state index in [2.05, 4.69) is 15.6 Å². The second-order valence-corrected chi connectivity index (χ2v) is 7.23. The summed E-state index contributed by atoms with van der Waals surface area (Å²) in [5.74, 6) is 0.824. The van der Waals surface area contributed by atoms with E-state index in [1.165, 1.54) is 0 Å². The van der Waals surface area contributed by atoms with Crippen molar-refractivity contribution in [2.75, 3.05) is 13.7 Å². The van der Waals surface area contributed by atoms with Crippen molar-refractivity contribution in [3.05, 3.63) is 82.9 Å². The molecule has 0 saturated carbocycles. The second kappa shape index (κ2) is 9.26. The summed E-state index contributed by atoms with van der Waals surface area (Å²) in [6.07, 6.45) is 3.50. The van der Waals surface area contributed by atoms with Crippen molar-refractivity contribution >= 4 is 11.8 Å². The van der Waals surface area contributed by atoms with Crippen LogP contribution in [0.1, 0.15) is 38.9 Å². The molecule has 2 aromatic carbocycles. The first-order chi connectivity index (χ1) is 14.4. The number of hydrogen-bond acceptors (Lipinski definition) is 4. The minimum atomic E-state index is -0.457. The minimum absolute atomic E-state index is 0.136. The number of benzene rings is 2. The fourth-order valence-corrected chi connectivity index (χ4v) is 3.33. The summed E-state index contributed by atoms with van der Waals surface area (Å²) in [5.41, 5.74) is 3.40. The van der Waals surface area contributed by atoms with Crippen LogP contribution >= 0.6 is 0 Å². The van der Waals surface area contributed by atoms with Crippen molar-refractivity contribution in [3.8, 4) is 5.75 Å². The third-order valence-electron chi connectivity index (χ3n) is 4.76. The first kappa shape index (κ1) is 21.1. The van der Waals surface area contributed by atoms with E-state index in [-0.39, 0.29) is 18.4 Å². The molecule has 0 aliphatic carbocycles. The van der Waals surface area contributed by atoms with E-state index in [4.69, 9.17) is 4.74 Å². The third-order valence-corrected chi connectivity index (χ3v) is 4.76. The Morgan fingerprint density at radius 3 is 2.33 bits per heavy atom. The summed E-state index contributed by atoms with van der Waals surface area (Å²) in [5, 5.41) is 5.66. The van der Waals surface area contributed by atoms with Gasteiger partial charge < -0.3 is 19.9 Å². The fourth-order valence-electron chi connectivity index (χ4n) is 3.33. The number of methoxy groups -OCH3 is 1. The summed E-state index contributed by atoms with van der Waals surface area (Å²) in [4.78, 5) is 29.5. The van der Waals surface area contributed by atoms with E-state index in [1.54, 1.807) is 25.4 Å². The number of carbonyl (C=O) groups is 2. The van der Waals surface area contributed by atoms with Crippen molar-refractivity contribution in [2.24, 2.45) is 7.05 Å². The van der Waals surface area contributed by atoms with Crippen LogP contribution in [0.4, 0.5) is 0 Å². The lowest BCUT2D eigenvalue weighted by atomic mass is 10.1. The summed E-state index contributed by atoms with van der Waals surface area (Å²) in [7, 11) is 3.47. The number of rotatable bonds is 7. The van der Waals surface area contributed by atoms with Gasteiger partial charge in [0, 0.05) is 25.0 Å². The maximum atomic E-state index is 12.6. The van der Waals surface area contributed by atoms with Gasteiger partial charge in [-0.15, -0.1) is 0 Å². The Hall–Kier alpha value is -3.61. The Morgan fingerprint density at radius 2 is 1.77 bits per heavy atom. The van der Waals surface area contributed by atoms with Crippen molar-refractivity contribution in [1.82, 2.24) is 20.2 Å². The van der Waals surface area contributed by atoms with Crippen LogP contribution in [0.3, 0.4) is 0 Å². The van der Waals surface area contributed by atoms with E-state index < -0.39 is 6.04 Å². The molecule has 0 aliphatic heterocycles. The molecule has 1 unspecified atom stereocenters. The lowest BCUT2D eigenvalue weighted by Gasteiger charge is -2.19. The topological polar surface area (TPSA) is 85.2 Å². The monoisotopic (exact) mass is 406 g/mol. The zero-order chi connectivity index (χ0) is 21.7. The molecule has 3 aromatic rings. The van der Waals surface area contributed by atoms with Crippen molar-refractivity contribution in [3.63, 3.8) is 0 Å². The molecule has 0 bridgehead atoms. The van der Waals surface area contributed by atoms with E-state index in [0.717, 1.165) is 22.4 Å². The highest BCUT2D eigenvalue weighted by Crippen LogP contribution is 2.22. The molecule has 1 atom stereocenters. The van der Waals surface area contributed by atoms with Crippen LogP contribution in [0.2, 0.25) is 0 Å². The smallest absolute Gasteiger partial charge is 0.251 e. The van der Waals surface area contributed by atoms with Gasteiger partial charge in [0.1, 0.15) is 17.6 Å². The van der Waals surface area contributed by atoms with Gasteiger partial charge in [-0.05, 0) is 43.7 Å². The van der Waals surface area contributed by atoms with Gasteiger partial charge >= 0.3 is 0 Å². The molecule has 30 heavy (non-hydrogen) atoms. The molecule has 7 heteroatoms. The molecule has 0 spiro atoms. The molecule has 2 N–H and O–H groups in total. The van der Waals surface area contributed by atoms with E-state index in [9.17, 15) is 9.59 Å². The predicted molar refractivity (Wildman–Crippen MR) is 114 cm³/mol. The average Bonchev–Trinajstić information content (AvgIpc) is 3.15.